The molecular weight excluding hydrogens is 224 g/mol. The minimum atomic E-state index is -0.746. The molecule has 0 radical (unpaired) electrons. The number of aliphatic carboxylic acids is 1. The average Bonchev–Trinajstić information content (AvgIpc) is 2.24. The predicted octanol–water partition coefficient (Wildman–Crippen LogP) is 4.00. The first-order chi connectivity index (χ1) is 7.61. The monoisotopic (exact) mass is 238 g/mol. The van der Waals surface area contributed by atoms with Gasteiger partial charge in [0.05, 0.1) is 0 Å². The third kappa shape index (κ3) is 4.07. The number of carboxylic acids is 1. The van der Waals surface area contributed by atoms with Crippen LogP contribution in [0.3, 0.4) is 0 Å². The number of unbranched alkanes of at least 4 members (excludes halogenated alkanes) is 1. The van der Waals surface area contributed by atoms with Crippen molar-refractivity contribution in [1.82, 2.24) is 0 Å². The first-order valence-electron chi connectivity index (χ1n) is 5.24. The van der Waals surface area contributed by atoms with Crippen LogP contribution >= 0.6 is 11.6 Å². The molecule has 0 fully saturated rings. The Morgan fingerprint density at radius 3 is 2.75 bits per heavy atom. The fourth-order valence-corrected chi connectivity index (χ4v) is 1.75. The molecule has 0 aliphatic heterocycles. The minimum absolute atomic E-state index is 0.215. The number of rotatable bonds is 5. The van der Waals surface area contributed by atoms with E-state index in [1.54, 1.807) is 0 Å². The van der Waals surface area contributed by atoms with Crippen molar-refractivity contribution >= 4 is 23.1 Å². The van der Waals surface area contributed by atoms with Crippen molar-refractivity contribution < 1.29 is 9.90 Å². The quantitative estimate of drug-likeness (QED) is 0.788. The first kappa shape index (κ1) is 12.8. The molecule has 16 heavy (non-hydrogen) atoms. The third-order valence-corrected chi connectivity index (χ3v) is 2.67. The van der Waals surface area contributed by atoms with E-state index in [-0.39, 0.29) is 6.42 Å². The van der Waals surface area contributed by atoms with E-state index >= 15 is 0 Å². The lowest BCUT2D eigenvalue weighted by Gasteiger charge is -2.03. The number of halogens is 1. The predicted molar refractivity (Wildman–Crippen MR) is 66.6 cm³/mol. The van der Waals surface area contributed by atoms with E-state index in [4.69, 9.17) is 16.7 Å². The molecule has 0 aromatic heterocycles. The normalized spacial score (nSPS) is 11.5. The minimum Gasteiger partial charge on any atom is -0.481 e. The van der Waals surface area contributed by atoms with Crippen molar-refractivity contribution in [2.45, 2.75) is 26.2 Å². The molecule has 0 saturated heterocycles. The van der Waals surface area contributed by atoms with Crippen LogP contribution in [-0.4, -0.2) is 11.1 Å². The second-order valence-corrected chi connectivity index (χ2v) is 4.06. The van der Waals surface area contributed by atoms with Gasteiger partial charge in [0.1, 0.15) is 0 Å². The SMILES string of the molecule is C/C(=C\CCCC(=O)O)c1ccccc1Cl. The van der Waals surface area contributed by atoms with Gasteiger partial charge in [0.15, 0.2) is 0 Å². The molecule has 0 spiro atoms. The zero-order valence-electron chi connectivity index (χ0n) is 9.24. The Balaban J connectivity index is 2.57. The summed E-state index contributed by atoms with van der Waals surface area (Å²) < 4.78 is 0. The Hall–Kier alpha value is -1.28. The van der Waals surface area contributed by atoms with Crippen molar-refractivity contribution in [2.24, 2.45) is 0 Å². The molecule has 1 aromatic carbocycles. The summed E-state index contributed by atoms with van der Waals surface area (Å²) in [6.45, 7) is 1.99. The molecule has 0 aliphatic carbocycles. The molecule has 86 valence electrons. The lowest BCUT2D eigenvalue weighted by Crippen LogP contribution is -1.92. The summed E-state index contributed by atoms with van der Waals surface area (Å²) >= 11 is 6.05. The van der Waals surface area contributed by atoms with Gasteiger partial charge in [-0.1, -0.05) is 35.9 Å². The molecule has 0 saturated carbocycles. The highest BCUT2D eigenvalue weighted by molar-refractivity contribution is 6.32. The van der Waals surface area contributed by atoms with Gasteiger partial charge in [0.25, 0.3) is 0 Å². The van der Waals surface area contributed by atoms with E-state index in [9.17, 15) is 4.79 Å². The van der Waals surface area contributed by atoms with Crippen LogP contribution in [0, 0.1) is 0 Å². The van der Waals surface area contributed by atoms with Crippen LogP contribution in [0.5, 0.6) is 0 Å². The van der Waals surface area contributed by atoms with Crippen molar-refractivity contribution in [2.75, 3.05) is 0 Å². The molecular formula is C13H15ClO2. The summed E-state index contributed by atoms with van der Waals surface area (Å²) in [7, 11) is 0. The summed E-state index contributed by atoms with van der Waals surface area (Å²) in [5.41, 5.74) is 2.11. The van der Waals surface area contributed by atoms with Gasteiger partial charge in [0, 0.05) is 11.4 Å². The molecule has 1 N–H and O–H groups in total. The molecule has 0 heterocycles. The van der Waals surface area contributed by atoms with Gasteiger partial charge in [-0.05, 0) is 37.0 Å². The Kier molecular flexibility index (Phi) is 5.06. The standard InChI is InChI=1S/C13H15ClO2/c1-10(6-2-5-9-13(15)16)11-7-3-4-8-12(11)14/h3-4,6-8H,2,5,9H2,1H3,(H,15,16)/b10-6+. The van der Waals surface area contributed by atoms with E-state index in [2.05, 4.69) is 0 Å². The first-order valence-corrected chi connectivity index (χ1v) is 5.62. The van der Waals surface area contributed by atoms with Crippen LogP contribution in [0.25, 0.3) is 5.57 Å². The van der Waals surface area contributed by atoms with Gasteiger partial charge in [0.2, 0.25) is 0 Å². The van der Waals surface area contributed by atoms with Crippen molar-refractivity contribution in [3.8, 4) is 0 Å². The fourth-order valence-electron chi connectivity index (χ4n) is 1.46. The summed E-state index contributed by atoms with van der Waals surface area (Å²) in [4.78, 5) is 10.3. The lowest BCUT2D eigenvalue weighted by molar-refractivity contribution is -0.137. The maximum absolute atomic E-state index is 10.3. The molecule has 3 heteroatoms. The Morgan fingerprint density at radius 2 is 2.12 bits per heavy atom. The molecule has 0 amide bonds. The van der Waals surface area contributed by atoms with Gasteiger partial charge in [-0.2, -0.15) is 0 Å². The molecule has 0 bridgehead atoms. The lowest BCUT2D eigenvalue weighted by atomic mass is 10.1. The van der Waals surface area contributed by atoms with Crippen LogP contribution < -0.4 is 0 Å². The largest absolute Gasteiger partial charge is 0.481 e. The van der Waals surface area contributed by atoms with Gasteiger partial charge in [-0.15, -0.1) is 0 Å². The zero-order chi connectivity index (χ0) is 12.0. The topological polar surface area (TPSA) is 37.3 Å². The van der Waals surface area contributed by atoms with Crippen LogP contribution in [-0.2, 0) is 4.79 Å². The maximum atomic E-state index is 10.3. The molecule has 1 aromatic rings. The highest BCUT2D eigenvalue weighted by Crippen LogP contribution is 2.23. The Morgan fingerprint density at radius 1 is 1.44 bits per heavy atom. The summed E-state index contributed by atoms with van der Waals surface area (Å²) in [5.74, 6) is -0.746. The van der Waals surface area contributed by atoms with E-state index in [1.165, 1.54) is 0 Å². The van der Waals surface area contributed by atoms with Crippen LogP contribution in [0.15, 0.2) is 30.3 Å². The number of allylic oxidation sites excluding steroid dienone is 2. The molecule has 0 atom stereocenters. The number of hydrogen-bond acceptors (Lipinski definition) is 1. The number of carbonyl (C=O) groups is 1. The third-order valence-electron chi connectivity index (χ3n) is 2.34. The van der Waals surface area contributed by atoms with Crippen molar-refractivity contribution in [3.05, 3.63) is 40.9 Å². The number of benzene rings is 1. The molecule has 1 rings (SSSR count). The van der Waals surface area contributed by atoms with Gasteiger partial charge >= 0.3 is 5.97 Å². The Labute approximate surface area is 101 Å². The van der Waals surface area contributed by atoms with Crippen molar-refractivity contribution in [1.29, 1.82) is 0 Å². The van der Waals surface area contributed by atoms with Crippen LogP contribution in [0.1, 0.15) is 31.7 Å². The smallest absolute Gasteiger partial charge is 0.303 e. The van der Waals surface area contributed by atoms with Gasteiger partial charge in [-0.25, -0.2) is 0 Å². The fraction of sp³-hybridized carbons (Fsp3) is 0.308. The van der Waals surface area contributed by atoms with Crippen LogP contribution in [0.4, 0.5) is 0 Å². The van der Waals surface area contributed by atoms with Gasteiger partial charge in [-0.3, -0.25) is 4.79 Å². The Bertz CT molecular complexity index is 397. The highest BCUT2D eigenvalue weighted by atomic mass is 35.5. The summed E-state index contributed by atoms with van der Waals surface area (Å²) in [5, 5.41) is 9.23. The van der Waals surface area contributed by atoms with Crippen molar-refractivity contribution in [3.63, 3.8) is 0 Å². The number of carboxylic acid groups (broad SMARTS) is 1. The molecule has 0 aliphatic rings. The summed E-state index contributed by atoms with van der Waals surface area (Å²) in [6, 6.07) is 7.65. The molecule has 2 nitrogen and oxygen atoms in total. The average molecular weight is 239 g/mol. The number of hydrogen-bond donors (Lipinski definition) is 1. The second kappa shape index (κ2) is 6.33. The van der Waals surface area contributed by atoms with E-state index in [0.717, 1.165) is 22.6 Å². The van der Waals surface area contributed by atoms with E-state index in [1.807, 2.05) is 37.3 Å². The van der Waals surface area contributed by atoms with Crippen LogP contribution in [0.2, 0.25) is 5.02 Å². The zero-order valence-corrected chi connectivity index (χ0v) is 10.00. The highest BCUT2D eigenvalue weighted by Gasteiger charge is 2.00. The van der Waals surface area contributed by atoms with Gasteiger partial charge < -0.3 is 5.11 Å². The second-order valence-electron chi connectivity index (χ2n) is 3.65. The van der Waals surface area contributed by atoms with E-state index in [0.29, 0.717) is 6.42 Å². The summed E-state index contributed by atoms with van der Waals surface area (Å²) in [6.07, 6.45) is 3.68. The van der Waals surface area contributed by atoms with E-state index < -0.39 is 5.97 Å². The maximum Gasteiger partial charge on any atom is 0.303 e. The molecule has 0 unspecified atom stereocenters.